The zero-order valence-corrected chi connectivity index (χ0v) is 15.0. The molecule has 0 bridgehead atoms. The molecule has 0 radical (unpaired) electrons. The van der Waals surface area contributed by atoms with Gasteiger partial charge in [-0.05, 0) is 43.4 Å². The molecule has 3 rings (SSSR count). The summed E-state index contributed by atoms with van der Waals surface area (Å²) in [5.74, 6) is 0.125. The molecule has 6 heteroatoms. The second-order valence-corrected chi connectivity index (χ2v) is 8.94. The molecule has 24 heavy (non-hydrogen) atoms. The normalized spacial score (nSPS) is 16.1. The molecule has 0 spiro atoms. The summed E-state index contributed by atoms with van der Waals surface area (Å²) in [4.78, 5) is 19.0. The minimum absolute atomic E-state index is 0.0540. The van der Waals surface area contributed by atoms with Gasteiger partial charge in [0.25, 0.3) is 5.91 Å². The Morgan fingerprint density at radius 2 is 2.00 bits per heavy atom. The Morgan fingerprint density at radius 1 is 1.33 bits per heavy atom. The summed E-state index contributed by atoms with van der Waals surface area (Å²) in [6.45, 7) is 1.75. The standard InChI is InChI=1S/C18H22N2O3S/c1-12(11-24(3,22)23)20(2)18(21)17-15(13-8-9-13)10-14-6-4-5-7-16(14)19-17/h4-7,10,12-13H,8-9,11H2,1-3H3. The average Bonchev–Trinajstić information content (AvgIpc) is 3.35. The van der Waals surface area contributed by atoms with Gasteiger partial charge in [0.2, 0.25) is 0 Å². The third-order valence-electron chi connectivity index (χ3n) is 4.50. The van der Waals surface area contributed by atoms with Crippen molar-refractivity contribution in [2.45, 2.75) is 31.7 Å². The Bertz CT molecular complexity index is 888. The highest BCUT2D eigenvalue weighted by atomic mass is 32.2. The minimum Gasteiger partial charge on any atom is -0.337 e. The van der Waals surface area contributed by atoms with E-state index in [9.17, 15) is 13.2 Å². The molecule has 1 unspecified atom stereocenters. The maximum atomic E-state index is 12.9. The summed E-state index contributed by atoms with van der Waals surface area (Å²) in [5.41, 5.74) is 2.23. The Hall–Kier alpha value is -1.95. The second-order valence-electron chi connectivity index (χ2n) is 6.75. The molecule has 1 amide bonds. The highest BCUT2D eigenvalue weighted by molar-refractivity contribution is 7.90. The fourth-order valence-electron chi connectivity index (χ4n) is 2.93. The van der Waals surface area contributed by atoms with Gasteiger partial charge in [0.1, 0.15) is 15.5 Å². The van der Waals surface area contributed by atoms with E-state index in [0.29, 0.717) is 11.6 Å². The Morgan fingerprint density at radius 3 is 2.62 bits per heavy atom. The van der Waals surface area contributed by atoms with Crippen LogP contribution in [0.1, 0.15) is 41.7 Å². The number of pyridine rings is 1. The molecule has 2 aromatic rings. The number of amides is 1. The van der Waals surface area contributed by atoms with Crippen LogP contribution in [-0.4, -0.2) is 49.3 Å². The number of carbonyl (C=O) groups excluding carboxylic acids is 1. The SMILES string of the molecule is CC(CS(C)(=O)=O)N(C)C(=O)c1nc2ccccc2cc1C1CC1. The maximum absolute atomic E-state index is 12.9. The maximum Gasteiger partial charge on any atom is 0.272 e. The van der Waals surface area contributed by atoms with E-state index in [1.54, 1.807) is 14.0 Å². The predicted molar refractivity (Wildman–Crippen MR) is 95.0 cm³/mol. The van der Waals surface area contributed by atoms with Crippen molar-refractivity contribution in [3.63, 3.8) is 0 Å². The van der Waals surface area contributed by atoms with Crippen LogP contribution < -0.4 is 0 Å². The summed E-state index contributed by atoms with van der Waals surface area (Å²) in [5, 5.41) is 1.03. The monoisotopic (exact) mass is 346 g/mol. The van der Waals surface area contributed by atoms with Crippen LogP contribution in [0.3, 0.4) is 0 Å². The number of rotatable bonds is 5. The average molecular weight is 346 g/mol. The molecule has 5 nitrogen and oxygen atoms in total. The van der Waals surface area contributed by atoms with Gasteiger partial charge in [-0.1, -0.05) is 18.2 Å². The van der Waals surface area contributed by atoms with Gasteiger partial charge in [-0.3, -0.25) is 4.79 Å². The molecule has 1 fully saturated rings. The van der Waals surface area contributed by atoms with Gasteiger partial charge in [-0.15, -0.1) is 0 Å². The lowest BCUT2D eigenvalue weighted by molar-refractivity contribution is 0.0750. The lowest BCUT2D eigenvalue weighted by Gasteiger charge is -2.25. The summed E-state index contributed by atoms with van der Waals surface area (Å²) < 4.78 is 23.0. The van der Waals surface area contributed by atoms with Crippen molar-refractivity contribution in [2.75, 3.05) is 19.1 Å². The van der Waals surface area contributed by atoms with Gasteiger partial charge in [0, 0.05) is 24.7 Å². The van der Waals surface area contributed by atoms with Crippen LogP contribution in [-0.2, 0) is 9.84 Å². The van der Waals surface area contributed by atoms with Gasteiger partial charge < -0.3 is 4.90 Å². The summed E-state index contributed by atoms with van der Waals surface area (Å²) in [7, 11) is -1.50. The molecule has 0 N–H and O–H groups in total. The van der Waals surface area contributed by atoms with Crippen molar-refractivity contribution in [3.05, 3.63) is 41.6 Å². The van der Waals surface area contributed by atoms with Crippen LogP contribution in [0.25, 0.3) is 10.9 Å². The third-order valence-corrected chi connectivity index (χ3v) is 5.59. The van der Waals surface area contributed by atoms with Crippen LogP contribution in [0, 0.1) is 0 Å². The zero-order valence-electron chi connectivity index (χ0n) is 14.2. The number of sulfone groups is 1. The van der Waals surface area contributed by atoms with Gasteiger partial charge in [-0.25, -0.2) is 13.4 Å². The van der Waals surface area contributed by atoms with Gasteiger partial charge in [-0.2, -0.15) is 0 Å². The number of carbonyl (C=O) groups is 1. The first-order chi connectivity index (χ1) is 11.3. The molecule has 1 aliphatic rings. The topological polar surface area (TPSA) is 67.3 Å². The van der Waals surface area contributed by atoms with Crippen LogP contribution >= 0.6 is 0 Å². The molecular formula is C18H22N2O3S. The number of aromatic nitrogens is 1. The number of para-hydroxylation sites is 1. The number of hydrogen-bond acceptors (Lipinski definition) is 4. The molecule has 128 valence electrons. The Labute approximate surface area is 142 Å². The predicted octanol–water partition coefficient (Wildman–Crippen LogP) is 2.62. The van der Waals surface area contributed by atoms with Crippen molar-refractivity contribution >= 4 is 26.6 Å². The van der Waals surface area contributed by atoms with Crippen molar-refractivity contribution in [1.29, 1.82) is 0 Å². The van der Waals surface area contributed by atoms with Gasteiger partial charge in [0.15, 0.2) is 0 Å². The smallest absolute Gasteiger partial charge is 0.272 e. The second kappa shape index (κ2) is 6.16. The third kappa shape index (κ3) is 3.59. The summed E-state index contributed by atoms with van der Waals surface area (Å²) in [6.07, 6.45) is 3.33. The Kier molecular flexibility index (Phi) is 4.34. The quantitative estimate of drug-likeness (QED) is 0.835. The first kappa shape index (κ1) is 16.9. The van der Waals surface area contributed by atoms with Crippen LogP contribution in [0.5, 0.6) is 0 Å². The number of benzene rings is 1. The molecule has 1 heterocycles. The molecule has 1 saturated carbocycles. The summed E-state index contributed by atoms with van der Waals surface area (Å²) in [6, 6.07) is 9.41. The van der Waals surface area contributed by atoms with Crippen LogP contribution in [0.4, 0.5) is 0 Å². The van der Waals surface area contributed by atoms with E-state index >= 15 is 0 Å². The molecule has 0 saturated heterocycles. The number of nitrogens with zero attached hydrogens (tertiary/aromatic N) is 2. The van der Waals surface area contributed by atoms with E-state index in [2.05, 4.69) is 11.1 Å². The van der Waals surface area contributed by atoms with Crippen molar-refractivity contribution in [3.8, 4) is 0 Å². The lowest BCUT2D eigenvalue weighted by Crippen LogP contribution is -2.40. The fraction of sp³-hybridized carbons (Fsp3) is 0.444. The Balaban J connectivity index is 1.97. The molecule has 0 aliphatic heterocycles. The van der Waals surface area contributed by atoms with Crippen molar-refractivity contribution in [1.82, 2.24) is 9.88 Å². The van der Waals surface area contributed by atoms with E-state index in [0.717, 1.165) is 29.3 Å². The molecule has 1 aromatic heterocycles. The van der Waals surface area contributed by atoms with E-state index in [4.69, 9.17) is 0 Å². The van der Waals surface area contributed by atoms with Crippen LogP contribution in [0.2, 0.25) is 0 Å². The fourth-order valence-corrected chi connectivity index (χ4v) is 4.03. The van der Waals surface area contributed by atoms with E-state index < -0.39 is 15.9 Å². The van der Waals surface area contributed by atoms with E-state index in [1.165, 1.54) is 11.2 Å². The molecule has 1 aromatic carbocycles. The van der Waals surface area contributed by atoms with E-state index in [1.807, 2.05) is 24.3 Å². The van der Waals surface area contributed by atoms with Crippen molar-refractivity contribution in [2.24, 2.45) is 0 Å². The highest BCUT2D eigenvalue weighted by Crippen LogP contribution is 2.42. The van der Waals surface area contributed by atoms with Gasteiger partial charge in [0.05, 0.1) is 11.3 Å². The molecule has 1 atom stereocenters. The lowest BCUT2D eigenvalue weighted by atomic mass is 10.0. The highest BCUT2D eigenvalue weighted by Gasteiger charge is 2.31. The van der Waals surface area contributed by atoms with Crippen LogP contribution in [0.15, 0.2) is 30.3 Å². The van der Waals surface area contributed by atoms with E-state index in [-0.39, 0.29) is 11.7 Å². The molecule has 1 aliphatic carbocycles. The zero-order chi connectivity index (χ0) is 17.5. The van der Waals surface area contributed by atoms with Gasteiger partial charge >= 0.3 is 0 Å². The summed E-state index contributed by atoms with van der Waals surface area (Å²) >= 11 is 0. The molecular weight excluding hydrogens is 324 g/mol. The van der Waals surface area contributed by atoms with Crippen molar-refractivity contribution < 1.29 is 13.2 Å². The minimum atomic E-state index is -3.15. The first-order valence-corrected chi connectivity index (χ1v) is 10.2. The first-order valence-electron chi connectivity index (χ1n) is 8.11. The largest absolute Gasteiger partial charge is 0.337 e. The number of fused-ring (bicyclic) bond motifs is 1. The number of hydrogen-bond donors (Lipinski definition) is 0.